The second kappa shape index (κ2) is 6.76. The van der Waals surface area contributed by atoms with Crippen LogP contribution in [0.1, 0.15) is 12.2 Å². The fourth-order valence-electron chi connectivity index (χ4n) is 1.75. The Bertz CT molecular complexity index is 295. The molecule has 1 aliphatic heterocycles. The molecular formula is C12H19NO4. The summed E-state index contributed by atoms with van der Waals surface area (Å²) in [4.78, 5) is 0. The summed E-state index contributed by atoms with van der Waals surface area (Å²) in [6, 6.07) is 4.03. The predicted octanol–water partition coefficient (Wildman–Crippen LogP) is 0.536. The number of furan rings is 1. The van der Waals surface area contributed by atoms with Crippen molar-refractivity contribution in [2.75, 3.05) is 26.4 Å². The summed E-state index contributed by atoms with van der Waals surface area (Å²) in [5.74, 6) is 0.773. The highest BCUT2D eigenvalue weighted by atomic mass is 16.5. The molecule has 0 aromatic carbocycles. The highest BCUT2D eigenvalue weighted by Gasteiger charge is 2.16. The molecule has 1 saturated heterocycles. The van der Waals surface area contributed by atoms with Crippen molar-refractivity contribution in [3.05, 3.63) is 24.2 Å². The summed E-state index contributed by atoms with van der Waals surface area (Å²) in [6.07, 6.45) is 2.13. The van der Waals surface area contributed by atoms with Crippen molar-refractivity contribution >= 4 is 0 Å². The molecule has 0 saturated carbocycles. The predicted molar refractivity (Wildman–Crippen MR) is 61.6 cm³/mol. The SMILES string of the molecule is OC(CNC1CCOC1)COCc1ccco1. The van der Waals surface area contributed by atoms with Crippen molar-refractivity contribution < 1.29 is 19.0 Å². The lowest BCUT2D eigenvalue weighted by Crippen LogP contribution is -2.37. The zero-order valence-electron chi connectivity index (χ0n) is 9.80. The van der Waals surface area contributed by atoms with Crippen LogP contribution in [0, 0.1) is 0 Å². The van der Waals surface area contributed by atoms with Gasteiger partial charge in [0.05, 0.1) is 25.6 Å². The first kappa shape index (κ1) is 12.6. The molecule has 2 unspecified atom stereocenters. The third-order valence-corrected chi connectivity index (χ3v) is 2.71. The van der Waals surface area contributed by atoms with Gasteiger partial charge in [0.15, 0.2) is 0 Å². The minimum atomic E-state index is -0.495. The quantitative estimate of drug-likeness (QED) is 0.729. The fraction of sp³-hybridized carbons (Fsp3) is 0.667. The molecule has 17 heavy (non-hydrogen) atoms. The van der Waals surface area contributed by atoms with Gasteiger partial charge >= 0.3 is 0 Å². The summed E-state index contributed by atoms with van der Waals surface area (Å²) in [5, 5.41) is 12.9. The van der Waals surface area contributed by atoms with Crippen molar-refractivity contribution in [3.8, 4) is 0 Å². The summed E-state index contributed by atoms with van der Waals surface area (Å²) in [6.45, 7) is 2.78. The van der Waals surface area contributed by atoms with Crippen molar-refractivity contribution in [1.29, 1.82) is 0 Å². The van der Waals surface area contributed by atoms with Crippen LogP contribution in [-0.2, 0) is 16.1 Å². The molecule has 5 heteroatoms. The van der Waals surface area contributed by atoms with E-state index in [1.54, 1.807) is 6.26 Å². The van der Waals surface area contributed by atoms with Crippen LogP contribution in [-0.4, -0.2) is 43.6 Å². The molecule has 2 N–H and O–H groups in total. The van der Waals surface area contributed by atoms with Gasteiger partial charge in [0.1, 0.15) is 12.4 Å². The lowest BCUT2D eigenvalue weighted by molar-refractivity contribution is 0.0214. The van der Waals surface area contributed by atoms with Crippen LogP contribution in [0.5, 0.6) is 0 Å². The number of aliphatic hydroxyl groups is 1. The van der Waals surface area contributed by atoms with E-state index in [1.807, 2.05) is 12.1 Å². The highest BCUT2D eigenvalue weighted by Crippen LogP contribution is 2.04. The zero-order valence-corrected chi connectivity index (χ0v) is 9.80. The molecule has 1 aromatic heterocycles. The Morgan fingerprint density at radius 3 is 3.24 bits per heavy atom. The molecule has 0 bridgehead atoms. The van der Waals surface area contributed by atoms with Crippen molar-refractivity contribution in [3.63, 3.8) is 0 Å². The normalized spacial score (nSPS) is 21.8. The summed E-state index contributed by atoms with van der Waals surface area (Å²) < 4.78 is 15.7. The van der Waals surface area contributed by atoms with Crippen LogP contribution in [0.25, 0.3) is 0 Å². The number of aliphatic hydroxyl groups excluding tert-OH is 1. The Morgan fingerprint density at radius 1 is 1.59 bits per heavy atom. The topological polar surface area (TPSA) is 63.9 Å². The largest absolute Gasteiger partial charge is 0.467 e. The van der Waals surface area contributed by atoms with E-state index in [4.69, 9.17) is 13.9 Å². The maximum Gasteiger partial charge on any atom is 0.129 e. The van der Waals surface area contributed by atoms with Crippen molar-refractivity contribution in [1.82, 2.24) is 5.32 Å². The van der Waals surface area contributed by atoms with E-state index >= 15 is 0 Å². The molecule has 0 radical (unpaired) electrons. The second-order valence-electron chi connectivity index (χ2n) is 4.22. The first-order valence-electron chi connectivity index (χ1n) is 5.94. The summed E-state index contributed by atoms with van der Waals surface area (Å²) in [5.41, 5.74) is 0. The van der Waals surface area contributed by atoms with E-state index in [-0.39, 0.29) is 0 Å². The average molecular weight is 241 g/mol. The standard InChI is InChI=1S/C12H19NO4/c14-11(6-13-10-3-5-15-7-10)8-16-9-12-2-1-4-17-12/h1-2,4,10-11,13-14H,3,5-9H2. The molecule has 96 valence electrons. The minimum Gasteiger partial charge on any atom is -0.467 e. The van der Waals surface area contributed by atoms with Crippen molar-refractivity contribution in [2.45, 2.75) is 25.2 Å². The smallest absolute Gasteiger partial charge is 0.129 e. The first-order chi connectivity index (χ1) is 8.34. The maximum absolute atomic E-state index is 9.68. The molecule has 0 aliphatic carbocycles. The minimum absolute atomic E-state index is 0.307. The van der Waals surface area contributed by atoms with Crippen LogP contribution in [0.3, 0.4) is 0 Å². The number of hydrogen-bond donors (Lipinski definition) is 2. The highest BCUT2D eigenvalue weighted by molar-refractivity contribution is 4.96. The Labute approximate surface area is 101 Å². The van der Waals surface area contributed by atoms with Crippen LogP contribution >= 0.6 is 0 Å². The average Bonchev–Trinajstić information content (AvgIpc) is 2.99. The molecule has 0 amide bonds. The van der Waals surface area contributed by atoms with Crippen LogP contribution in [0.4, 0.5) is 0 Å². The third kappa shape index (κ3) is 4.47. The van der Waals surface area contributed by atoms with Gasteiger partial charge in [0, 0.05) is 19.2 Å². The Hall–Kier alpha value is -0.880. The Balaban J connectivity index is 1.52. The van der Waals surface area contributed by atoms with Gasteiger partial charge in [-0.2, -0.15) is 0 Å². The van der Waals surface area contributed by atoms with Gasteiger partial charge < -0.3 is 24.3 Å². The maximum atomic E-state index is 9.68. The van der Waals surface area contributed by atoms with Crippen LogP contribution in [0.15, 0.2) is 22.8 Å². The molecule has 2 heterocycles. The van der Waals surface area contributed by atoms with Gasteiger partial charge in [-0.25, -0.2) is 0 Å². The third-order valence-electron chi connectivity index (χ3n) is 2.71. The molecule has 5 nitrogen and oxygen atoms in total. The summed E-state index contributed by atoms with van der Waals surface area (Å²) in [7, 11) is 0. The Morgan fingerprint density at radius 2 is 2.53 bits per heavy atom. The van der Waals surface area contributed by atoms with E-state index in [2.05, 4.69) is 5.32 Å². The van der Waals surface area contributed by atoms with Gasteiger partial charge in [-0.05, 0) is 18.6 Å². The number of ether oxygens (including phenoxy) is 2. The van der Waals surface area contributed by atoms with Crippen molar-refractivity contribution in [2.24, 2.45) is 0 Å². The fourth-order valence-corrected chi connectivity index (χ4v) is 1.75. The lowest BCUT2D eigenvalue weighted by Gasteiger charge is -2.15. The van der Waals surface area contributed by atoms with Gasteiger partial charge in [0.2, 0.25) is 0 Å². The number of hydrogen-bond acceptors (Lipinski definition) is 5. The van der Waals surface area contributed by atoms with E-state index in [0.29, 0.717) is 25.8 Å². The molecule has 1 aromatic rings. The molecular weight excluding hydrogens is 222 g/mol. The number of nitrogens with one attached hydrogen (secondary N) is 1. The molecule has 0 spiro atoms. The molecule has 1 aliphatic rings. The summed E-state index contributed by atoms with van der Waals surface area (Å²) >= 11 is 0. The monoisotopic (exact) mass is 241 g/mol. The molecule has 2 rings (SSSR count). The Kier molecular flexibility index (Phi) is 5.00. The lowest BCUT2D eigenvalue weighted by atomic mass is 10.2. The zero-order chi connectivity index (χ0) is 11.9. The molecule has 2 atom stereocenters. The van der Waals surface area contributed by atoms with E-state index in [9.17, 15) is 5.11 Å². The van der Waals surface area contributed by atoms with Crippen LogP contribution < -0.4 is 5.32 Å². The van der Waals surface area contributed by atoms with Crippen LogP contribution in [0.2, 0.25) is 0 Å². The van der Waals surface area contributed by atoms with Gasteiger partial charge in [0.25, 0.3) is 0 Å². The second-order valence-corrected chi connectivity index (χ2v) is 4.22. The van der Waals surface area contributed by atoms with E-state index in [1.165, 1.54) is 0 Å². The van der Waals surface area contributed by atoms with Gasteiger partial charge in [-0.15, -0.1) is 0 Å². The first-order valence-corrected chi connectivity index (χ1v) is 5.94. The van der Waals surface area contributed by atoms with Gasteiger partial charge in [-0.1, -0.05) is 0 Å². The van der Waals surface area contributed by atoms with E-state index < -0.39 is 6.10 Å². The number of rotatable bonds is 7. The van der Waals surface area contributed by atoms with E-state index in [0.717, 1.165) is 25.4 Å². The molecule has 1 fully saturated rings. The van der Waals surface area contributed by atoms with Gasteiger partial charge in [-0.3, -0.25) is 0 Å².